The molecule has 0 radical (unpaired) electrons. The number of nitrogens with one attached hydrogen (secondary N) is 1. The third kappa shape index (κ3) is 2.98. The quantitative estimate of drug-likeness (QED) is 0.945. The molecule has 1 aliphatic rings. The average Bonchev–Trinajstić information content (AvgIpc) is 2.94. The van der Waals surface area contributed by atoms with Crippen LogP contribution in [0.5, 0.6) is 0 Å². The molecule has 1 saturated heterocycles. The number of halogens is 1. The Bertz CT molecular complexity index is 698. The van der Waals surface area contributed by atoms with Crippen LogP contribution in [0.1, 0.15) is 18.5 Å². The van der Waals surface area contributed by atoms with Crippen LogP contribution in [-0.4, -0.2) is 36.3 Å². The van der Waals surface area contributed by atoms with Gasteiger partial charge in [-0.15, -0.1) is 0 Å². The topological polar surface area (TPSA) is 45.3 Å². The van der Waals surface area contributed by atoms with Crippen molar-refractivity contribution in [2.75, 3.05) is 20.2 Å². The monoisotopic (exact) mass is 306 g/mol. The number of nitrogens with zero attached hydrogens (tertiary/aromatic N) is 1. The highest BCUT2D eigenvalue weighted by atomic mass is 35.5. The van der Waals surface area contributed by atoms with E-state index < -0.39 is 0 Å². The fourth-order valence-electron chi connectivity index (χ4n) is 3.02. The average molecular weight is 307 g/mol. The maximum Gasteiger partial charge on any atom is 0.256 e. The minimum absolute atomic E-state index is 0.0743. The van der Waals surface area contributed by atoms with Gasteiger partial charge in [0, 0.05) is 48.1 Å². The predicted octanol–water partition coefficient (Wildman–Crippen LogP) is 2.79. The molecule has 0 saturated carbocycles. The van der Waals surface area contributed by atoms with E-state index in [9.17, 15) is 4.79 Å². The summed E-state index contributed by atoms with van der Waals surface area (Å²) in [6.45, 7) is 1.93. The number of pyridine rings is 1. The molecule has 0 spiro atoms. The number of aromatic amines is 1. The lowest BCUT2D eigenvalue weighted by atomic mass is 10.1. The second-order valence-corrected chi connectivity index (χ2v) is 5.85. The van der Waals surface area contributed by atoms with E-state index in [0.717, 1.165) is 37.0 Å². The van der Waals surface area contributed by atoms with Crippen LogP contribution in [0, 0.1) is 0 Å². The molecule has 1 aliphatic heterocycles. The number of hydrogen-bond donors (Lipinski definition) is 1. The third-order valence-electron chi connectivity index (χ3n) is 4.13. The zero-order valence-electron chi connectivity index (χ0n) is 12.1. The lowest BCUT2D eigenvalue weighted by molar-refractivity contribution is -0.00307. The van der Waals surface area contributed by atoms with Gasteiger partial charge in [-0.2, -0.15) is 0 Å². The van der Waals surface area contributed by atoms with Crippen molar-refractivity contribution in [3.8, 4) is 0 Å². The Hall–Kier alpha value is -1.36. The van der Waals surface area contributed by atoms with Gasteiger partial charge < -0.3 is 9.72 Å². The molecule has 5 heteroatoms. The summed E-state index contributed by atoms with van der Waals surface area (Å²) in [4.78, 5) is 17.4. The molecule has 1 fully saturated rings. The zero-order valence-corrected chi connectivity index (χ0v) is 12.8. The molecule has 2 heterocycles. The maximum atomic E-state index is 12.1. The number of rotatable bonds is 4. The van der Waals surface area contributed by atoms with Crippen LogP contribution >= 0.6 is 11.6 Å². The number of fused-ring (bicyclic) bond motifs is 1. The van der Waals surface area contributed by atoms with E-state index in [0.29, 0.717) is 10.4 Å². The van der Waals surface area contributed by atoms with E-state index in [4.69, 9.17) is 16.3 Å². The fraction of sp³-hybridized carbons (Fsp3) is 0.438. The van der Waals surface area contributed by atoms with Crippen LogP contribution in [0.3, 0.4) is 0 Å². The highest BCUT2D eigenvalue weighted by Gasteiger charge is 2.23. The summed E-state index contributed by atoms with van der Waals surface area (Å²) in [7, 11) is 1.75. The first kappa shape index (κ1) is 14.6. The van der Waals surface area contributed by atoms with Gasteiger partial charge in [0.1, 0.15) is 6.23 Å². The van der Waals surface area contributed by atoms with Crippen LogP contribution in [0.15, 0.2) is 29.1 Å². The first-order valence-corrected chi connectivity index (χ1v) is 7.64. The molecule has 1 atom stereocenters. The van der Waals surface area contributed by atoms with Gasteiger partial charge in [-0.3, -0.25) is 9.69 Å². The minimum atomic E-state index is -0.0743. The van der Waals surface area contributed by atoms with Gasteiger partial charge in [0.15, 0.2) is 0 Å². The van der Waals surface area contributed by atoms with Crippen molar-refractivity contribution in [2.24, 2.45) is 0 Å². The molecule has 2 aromatic rings. The Morgan fingerprint density at radius 2 is 2.29 bits per heavy atom. The van der Waals surface area contributed by atoms with Crippen molar-refractivity contribution in [3.05, 3.63) is 45.3 Å². The standard InChI is InChI=1S/C16H19ClN2O2/c1-21-15-6-3-8-19(15)9-7-11-10-13-12(16(20)18-11)4-2-5-14(13)17/h2,4-5,10,15H,3,6-9H2,1H3,(H,18,20). The van der Waals surface area contributed by atoms with Crippen LogP contribution in [0.25, 0.3) is 10.8 Å². The molecule has 112 valence electrons. The summed E-state index contributed by atoms with van der Waals surface area (Å²) in [5, 5.41) is 2.08. The summed E-state index contributed by atoms with van der Waals surface area (Å²) in [5.41, 5.74) is 0.845. The Labute approximate surface area is 128 Å². The van der Waals surface area contributed by atoms with Crippen molar-refractivity contribution >= 4 is 22.4 Å². The normalized spacial score (nSPS) is 19.4. The van der Waals surface area contributed by atoms with Crippen molar-refractivity contribution in [2.45, 2.75) is 25.5 Å². The van der Waals surface area contributed by atoms with Gasteiger partial charge in [0.2, 0.25) is 0 Å². The number of methoxy groups -OCH3 is 1. The van der Waals surface area contributed by atoms with Gasteiger partial charge in [-0.1, -0.05) is 17.7 Å². The predicted molar refractivity (Wildman–Crippen MR) is 84.9 cm³/mol. The molecule has 1 aromatic heterocycles. The molecular formula is C16H19ClN2O2. The second-order valence-electron chi connectivity index (χ2n) is 5.44. The van der Waals surface area contributed by atoms with E-state index in [2.05, 4.69) is 9.88 Å². The molecule has 3 rings (SSSR count). The number of likely N-dealkylation sites (tertiary alicyclic amines) is 1. The van der Waals surface area contributed by atoms with Gasteiger partial charge in [-0.05, 0) is 31.0 Å². The Morgan fingerprint density at radius 1 is 1.43 bits per heavy atom. The smallest absolute Gasteiger partial charge is 0.256 e. The molecule has 21 heavy (non-hydrogen) atoms. The summed E-state index contributed by atoms with van der Waals surface area (Å²) >= 11 is 6.19. The summed E-state index contributed by atoms with van der Waals surface area (Å²) in [6.07, 6.45) is 3.24. The van der Waals surface area contributed by atoms with Crippen LogP contribution in [0.2, 0.25) is 5.02 Å². The molecule has 0 aliphatic carbocycles. The molecule has 0 bridgehead atoms. The van der Waals surface area contributed by atoms with Gasteiger partial charge in [0.25, 0.3) is 5.56 Å². The number of H-pyrrole nitrogens is 1. The highest BCUT2D eigenvalue weighted by Crippen LogP contribution is 2.22. The third-order valence-corrected chi connectivity index (χ3v) is 4.46. The Kier molecular flexibility index (Phi) is 4.29. The van der Waals surface area contributed by atoms with Crippen LogP contribution in [-0.2, 0) is 11.2 Å². The van der Waals surface area contributed by atoms with E-state index in [-0.39, 0.29) is 11.8 Å². The number of hydrogen-bond acceptors (Lipinski definition) is 3. The van der Waals surface area contributed by atoms with Gasteiger partial charge in [-0.25, -0.2) is 0 Å². The van der Waals surface area contributed by atoms with Crippen LogP contribution < -0.4 is 5.56 Å². The number of aromatic nitrogens is 1. The lowest BCUT2D eigenvalue weighted by Gasteiger charge is -2.22. The summed E-state index contributed by atoms with van der Waals surface area (Å²) in [6, 6.07) is 7.39. The highest BCUT2D eigenvalue weighted by molar-refractivity contribution is 6.35. The second kappa shape index (κ2) is 6.18. The molecular weight excluding hydrogens is 288 g/mol. The number of ether oxygens (including phenoxy) is 1. The SMILES string of the molecule is COC1CCCN1CCc1cc2c(Cl)cccc2c(=O)[nH]1. The largest absolute Gasteiger partial charge is 0.366 e. The lowest BCUT2D eigenvalue weighted by Crippen LogP contribution is -2.32. The molecule has 0 amide bonds. The van der Waals surface area contributed by atoms with Crippen molar-refractivity contribution in [1.29, 1.82) is 0 Å². The van der Waals surface area contributed by atoms with Gasteiger partial charge in [0.05, 0.1) is 0 Å². The van der Waals surface area contributed by atoms with Crippen molar-refractivity contribution < 1.29 is 4.74 Å². The molecule has 1 unspecified atom stereocenters. The first-order chi connectivity index (χ1) is 10.2. The van der Waals surface area contributed by atoms with Crippen LogP contribution in [0.4, 0.5) is 0 Å². The van der Waals surface area contributed by atoms with Crippen molar-refractivity contribution in [3.63, 3.8) is 0 Å². The maximum absolute atomic E-state index is 12.1. The summed E-state index contributed by atoms with van der Waals surface area (Å²) < 4.78 is 5.46. The van der Waals surface area contributed by atoms with E-state index >= 15 is 0 Å². The molecule has 4 nitrogen and oxygen atoms in total. The zero-order chi connectivity index (χ0) is 14.8. The first-order valence-electron chi connectivity index (χ1n) is 7.26. The molecule has 1 N–H and O–H groups in total. The van der Waals surface area contributed by atoms with E-state index in [1.807, 2.05) is 12.1 Å². The Balaban J connectivity index is 1.81. The van der Waals surface area contributed by atoms with Crippen molar-refractivity contribution in [1.82, 2.24) is 9.88 Å². The minimum Gasteiger partial charge on any atom is -0.366 e. The van der Waals surface area contributed by atoms with E-state index in [1.165, 1.54) is 6.42 Å². The molecule has 1 aromatic carbocycles. The summed E-state index contributed by atoms with van der Waals surface area (Å²) in [5.74, 6) is 0. The fourth-order valence-corrected chi connectivity index (χ4v) is 3.25. The number of benzene rings is 1. The Morgan fingerprint density at radius 3 is 3.10 bits per heavy atom. The van der Waals surface area contributed by atoms with E-state index in [1.54, 1.807) is 19.2 Å². The van der Waals surface area contributed by atoms with Gasteiger partial charge >= 0.3 is 0 Å².